The largest absolute Gasteiger partial charge is 0.458 e. The molecule has 5 aliphatic rings. The zero-order valence-electron chi connectivity index (χ0n) is 44.0. The number of aryl methyl sites for hydroxylation is 1. The Kier molecular flexibility index (Phi) is 16.5. The molecule has 0 unspecified atom stereocenters. The van der Waals surface area contributed by atoms with E-state index in [9.17, 15) is 53.1 Å². The quantitative estimate of drug-likeness (QED) is 0.0234. The predicted octanol–water partition coefficient (Wildman–Crippen LogP) is 1.40. The molecule has 0 bridgehead atoms. The fourth-order valence-corrected chi connectivity index (χ4v) is 10.8. The number of likely N-dealkylation sites (N-methyl/N-ethyl adjacent to an activating group) is 1. The molecule has 79 heavy (non-hydrogen) atoms. The van der Waals surface area contributed by atoms with Crippen LogP contribution in [-0.2, 0) is 84.2 Å². The number of ether oxygens (including phenoxy) is 2. The van der Waals surface area contributed by atoms with Crippen molar-refractivity contribution in [3.8, 4) is 11.4 Å². The second-order valence-electron chi connectivity index (χ2n) is 20.5. The van der Waals surface area contributed by atoms with Crippen LogP contribution in [0.1, 0.15) is 103 Å². The lowest BCUT2D eigenvalue weighted by Crippen LogP contribution is -2.52. The number of rotatable bonds is 23. The van der Waals surface area contributed by atoms with E-state index in [0.29, 0.717) is 89.5 Å². The molecule has 0 spiro atoms. The standard InChI is InChI=1S/C56H62FN9O13/c1-4-56(77)36-22-41-50-34(27-66(41)53(74)35(36)28-78-55(56)76)49-40(17-16-33-30(2)37(57)23-38(63-50)48(33)49)64(3)54(75)51(32-14-15-32)79-29-61-44(69)25-60-52(73)39(21-31-11-7-5-8-12-31)62-45(70)26-59-43(68)24-58-42(67)13-9-6-10-20-65-46(71)18-19-47(65)72/h5,7-8,11-12,18-19,22-23,32,39-40,51,77H,4,6,9-10,13-17,20-21,24-29H2,1-3H3,(H,58,67)(H,59,68)(H,60,73)(H,61,69)(H,62,70)/t39-,40-,51+,56-/m0/s1. The number of aromatic nitrogens is 2. The molecule has 0 saturated heterocycles. The minimum Gasteiger partial charge on any atom is -0.458 e. The molecule has 1 saturated carbocycles. The van der Waals surface area contributed by atoms with Crippen LogP contribution in [0, 0.1) is 18.7 Å². The van der Waals surface area contributed by atoms with Gasteiger partial charge in [0, 0.05) is 61.2 Å². The lowest BCUT2D eigenvalue weighted by Gasteiger charge is -2.36. The van der Waals surface area contributed by atoms with Gasteiger partial charge in [0.05, 0.1) is 54.7 Å². The van der Waals surface area contributed by atoms with E-state index in [-0.39, 0.29) is 80.5 Å². The van der Waals surface area contributed by atoms with Crippen molar-refractivity contribution in [2.75, 3.05) is 40.0 Å². The summed E-state index contributed by atoms with van der Waals surface area (Å²) >= 11 is 0. The van der Waals surface area contributed by atoms with Crippen molar-refractivity contribution in [3.63, 3.8) is 0 Å². The van der Waals surface area contributed by atoms with Gasteiger partial charge in [0.15, 0.2) is 5.60 Å². The van der Waals surface area contributed by atoms with E-state index in [1.807, 2.05) is 0 Å². The van der Waals surface area contributed by atoms with Gasteiger partial charge >= 0.3 is 5.97 Å². The number of aliphatic hydroxyl groups is 1. The van der Waals surface area contributed by atoms with E-state index in [4.69, 9.17) is 14.5 Å². The van der Waals surface area contributed by atoms with Gasteiger partial charge in [0.25, 0.3) is 23.3 Å². The molecule has 9 rings (SSSR count). The first-order valence-corrected chi connectivity index (χ1v) is 26.5. The number of cyclic esters (lactones) is 1. The summed E-state index contributed by atoms with van der Waals surface area (Å²) in [5, 5.41) is 24.8. The second-order valence-corrected chi connectivity index (χ2v) is 20.5. The molecule has 4 atom stereocenters. The number of hydrogen-bond donors (Lipinski definition) is 6. The fourth-order valence-electron chi connectivity index (χ4n) is 10.8. The van der Waals surface area contributed by atoms with Gasteiger partial charge in [-0.1, -0.05) is 43.7 Å². The number of pyridine rings is 2. The number of nitrogens with zero attached hydrogens (tertiary/aromatic N) is 4. The third kappa shape index (κ3) is 11.7. The van der Waals surface area contributed by atoms with Gasteiger partial charge in [-0.3, -0.25) is 48.1 Å². The Morgan fingerprint density at radius 3 is 2.29 bits per heavy atom. The number of carbonyl (C=O) groups excluding carboxylic acids is 9. The first-order valence-electron chi connectivity index (χ1n) is 26.5. The Bertz CT molecular complexity index is 3250. The highest BCUT2D eigenvalue weighted by atomic mass is 19.1. The molecule has 2 aromatic carbocycles. The lowest BCUT2D eigenvalue weighted by atomic mass is 9.81. The Morgan fingerprint density at radius 2 is 1.57 bits per heavy atom. The van der Waals surface area contributed by atoms with Crippen LogP contribution in [0.3, 0.4) is 0 Å². The molecule has 2 aromatic heterocycles. The van der Waals surface area contributed by atoms with Crippen LogP contribution in [0.5, 0.6) is 0 Å². The predicted molar refractivity (Wildman–Crippen MR) is 279 cm³/mol. The molecule has 4 aromatic rings. The highest BCUT2D eigenvalue weighted by Crippen LogP contribution is 2.48. The summed E-state index contributed by atoms with van der Waals surface area (Å²) in [6, 6.07) is 10.00. The lowest BCUT2D eigenvalue weighted by molar-refractivity contribution is -0.172. The van der Waals surface area contributed by atoms with E-state index < -0.39 is 90.3 Å². The zero-order valence-corrected chi connectivity index (χ0v) is 44.0. The van der Waals surface area contributed by atoms with Crippen LogP contribution in [0.15, 0.2) is 59.4 Å². The second kappa shape index (κ2) is 23.4. The highest BCUT2D eigenvalue weighted by Gasteiger charge is 2.47. The Labute approximate surface area is 452 Å². The number of halogens is 1. The Balaban J connectivity index is 0.790. The molecule has 23 heteroatoms. The molecule has 8 amide bonds. The van der Waals surface area contributed by atoms with Gasteiger partial charge < -0.3 is 50.6 Å². The number of fused-ring (bicyclic) bond motifs is 5. The molecule has 3 aliphatic heterocycles. The normalized spacial score (nSPS) is 18.5. The Hall–Kier alpha value is -8.18. The van der Waals surface area contributed by atoms with Crippen LogP contribution in [-0.4, -0.2) is 130 Å². The van der Waals surface area contributed by atoms with Crippen LogP contribution < -0.4 is 32.1 Å². The van der Waals surface area contributed by atoms with Crippen molar-refractivity contribution >= 4 is 64.1 Å². The minimum absolute atomic E-state index is 0.0402. The van der Waals surface area contributed by atoms with Crippen molar-refractivity contribution < 1.29 is 62.1 Å². The number of unbranched alkanes of at least 4 members (excludes halogenated alkanes) is 2. The average Bonchev–Trinajstić information content (AvgIpc) is 4.25. The molecule has 6 N–H and O–H groups in total. The fraction of sp³-hybridized carbons (Fsp3) is 0.446. The molecule has 1 fully saturated rings. The summed E-state index contributed by atoms with van der Waals surface area (Å²) in [6.07, 6.45) is 5.31. The van der Waals surface area contributed by atoms with Crippen molar-refractivity contribution in [1.29, 1.82) is 0 Å². The number of nitrogens with one attached hydrogen (secondary N) is 5. The summed E-state index contributed by atoms with van der Waals surface area (Å²) in [5.41, 5.74) is 2.07. The molecule has 5 heterocycles. The van der Waals surface area contributed by atoms with Gasteiger partial charge in [-0.05, 0) is 86.1 Å². The molecule has 416 valence electrons. The van der Waals surface area contributed by atoms with E-state index in [1.165, 1.54) is 22.8 Å². The zero-order chi connectivity index (χ0) is 56.3. The smallest absolute Gasteiger partial charge is 0.343 e. The minimum atomic E-state index is -2.06. The third-order valence-corrected chi connectivity index (χ3v) is 15.4. The van der Waals surface area contributed by atoms with Crippen LogP contribution >= 0.6 is 0 Å². The summed E-state index contributed by atoms with van der Waals surface area (Å²) in [7, 11) is 1.66. The summed E-state index contributed by atoms with van der Waals surface area (Å²) in [6.45, 7) is 1.48. The maximum absolute atomic E-state index is 15.6. The van der Waals surface area contributed by atoms with Gasteiger partial charge in [-0.25, -0.2) is 14.2 Å². The van der Waals surface area contributed by atoms with Crippen molar-refractivity contribution in [2.24, 2.45) is 5.92 Å². The van der Waals surface area contributed by atoms with E-state index in [0.717, 1.165) is 10.5 Å². The number of carbonyl (C=O) groups is 9. The van der Waals surface area contributed by atoms with Crippen LogP contribution in [0.4, 0.5) is 4.39 Å². The van der Waals surface area contributed by atoms with Crippen molar-refractivity contribution in [2.45, 2.75) is 115 Å². The first-order chi connectivity index (χ1) is 37.9. The Morgan fingerprint density at radius 1 is 0.873 bits per heavy atom. The summed E-state index contributed by atoms with van der Waals surface area (Å²) in [4.78, 5) is 137. The monoisotopic (exact) mass is 1090 g/mol. The average molecular weight is 1090 g/mol. The number of imide groups is 1. The SMILES string of the molecule is CC[C@@]1(O)C(=O)OCc2c1cc1n(c2=O)Cc2c-1nc1cc(F)c(C)c3c1c2[C@@H](N(C)C(=O)[C@H](OCNC(=O)CNC(=O)[C@H](Cc1ccccc1)NC(=O)CNC(=O)CNC(=O)CCCCCN1C(=O)C=CC1=O)C1CC1)CC3. The van der Waals surface area contributed by atoms with E-state index >= 15 is 4.39 Å². The maximum atomic E-state index is 15.6. The molecule has 0 radical (unpaired) electrons. The van der Waals surface area contributed by atoms with Gasteiger partial charge in [-0.2, -0.15) is 0 Å². The topological polar surface area (TPSA) is 294 Å². The van der Waals surface area contributed by atoms with Crippen molar-refractivity contribution in [1.82, 2.24) is 45.9 Å². The number of esters is 1. The number of amides is 8. The van der Waals surface area contributed by atoms with Crippen LogP contribution in [0.2, 0.25) is 0 Å². The van der Waals surface area contributed by atoms with E-state index in [1.54, 1.807) is 62.2 Å². The number of benzene rings is 2. The van der Waals surface area contributed by atoms with Crippen molar-refractivity contribution in [3.05, 3.63) is 110 Å². The molecule has 2 aliphatic carbocycles. The van der Waals surface area contributed by atoms with Gasteiger partial charge in [0.2, 0.25) is 29.5 Å². The summed E-state index contributed by atoms with van der Waals surface area (Å²) in [5.74, 6) is -5.68. The maximum Gasteiger partial charge on any atom is 0.343 e. The van der Waals surface area contributed by atoms with E-state index in [2.05, 4.69) is 26.6 Å². The third-order valence-electron chi connectivity index (χ3n) is 15.4. The van der Waals surface area contributed by atoms with Crippen LogP contribution in [0.25, 0.3) is 22.3 Å². The van der Waals surface area contributed by atoms with Gasteiger partial charge in [-0.15, -0.1) is 0 Å². The molecular weight excluding hydrogens is 1030 g/mol. The first kappa shape index (κ1) is 55.6. The highest BCUT2D eigenvalue weighted by molar-refractivity contribution is 6.12. The molecular formula is C56H62FN9O13. The summed E-state index contributed by atoms with van der Waals surface area (Å²) < 4.78 is 28.5. The molecule has 22 nitrogen and oxygen atoms in total. The van der Waals surface area contributed by atoms with Gasteiger partial charge in [0.1, 0.15) is 31.3 Å². The number of hydrogen-bond acceptors (Lipinski definition) is 14.